The summed E-state index contributed by atoms with van der Waals surface area (Å²) < 4.78 is 0. The van der Waals surface area contributed by atoms with Crippen LogP contribution in [0.2, 0.25) is 0 Å². The van der Waals surface area contributed by atoms with Gasteiger partial charge in [0.1, 0.15) is 0 Å². The number of benzene rings is 3. The molecule has 2 aliphatic carbocycles. The van der Waals surface area contributed by atoms with E-state index in [2.05, 4.69) is 84.0 Å². The maximum atomic E-state index is 2.65. The fourth-order valence-corrected chi connectivity index (χ4v) is 8.12. The van der Waals surface area contributed by atoms with E-state index in [1.807, 2.05) is 0 Å². The Bertz CT molecular complexity index is 1250. The Morgan fingerprint density at radius 1 is 0.541 bits per heavy atom. The molecule has 196 valence electrons. The van der Waals surface area contributed by atoms with E-state index < -0.39 is 0 Å². The van der Waals surface area contributed by atoms with Crippen LogP contribution >= 0.6 is 0 Å². The molecule has 0 heterocycles. The van der Waals surface area contributed by atoms with Gasteiger partial charge in [-0.05, 0) is 140 Å². The molecule has 3 aromatic rings. The van der Waals surface area contributed by atoms with E-state index in [1.165, 1.54) is 103 Å². The summed E-state index contributed by atoms with van der Waals surface area (Å²) in [6.45, 7) is 14.2. The number of hydrogen-bond donors (Lipinski definition) is 0. The average molecular weight is 493 g/mol. The molecule has 1 atom stereocenters. The van der Waals surface area contributed by atoms with Crippen LogP contribution in [0.5, 0.6) is 0 Å². The Kier molecular flexibility index (Phi) is 7.94. The second kappa shape index (κ2) is 11.2. The molecule has 0 heteroatoms. The van der Waals surface area contributed by atoms with Crippen molar-refractivity contribution in [2.45, 2.75) is 124 Å². The van der Waals surface area contributed by atoms with Crippen LogP contribution in [-0.4, -0.2) is 0 Å². The normalized spacial score (nSPS) is 18.2. The molecule has 0 radical (unpaired) electrons. The van der Waals surface area contributed by atoms with E-state index in [9.17, 15) is 0 Å². The largest absolute Gasteiger partial charge is 0.0620 e. The predicted molar refractivity (Wildman–Crippen MR) is 160 cm³/mol. The van der Waals surface area contributed by atoms with Crippen LogP contribution in [0.4, 0.5) is 0 Å². The van der Waals surface area contributed by atoms with Gasteiger partial charge in [0, 0.05) is 5.92 Å². The zero-order valence-corrected chi connectivity index (χ0v) is 24.3. The first-order valence-electron chi connectivity index (χ1n) is 15.1. The first-order valence-corrected chi connectivity index (χ1v) is 15.1. The number of rotatable bonds is 5. The van der Waals surface area contributed by atoms with Gasteiger partial charge in [0.15, 0.2) is 0 Å². The summed E-state index contributed by atoms with van der Waals surface area (Å²) in [5.74, 6) is 1.73. The minimum absolute atomic E-state index is 0.284. The maximum absolute atomic E-state index is 2.65. The average Bonchev–Trinajstić information content (AvgIpc) is 2.89. The third kappa shape index (κ3) is 5.19. The molecule has 0 aromatic heterocycles. The van der Waals surface area contributed by atoms with Crippen LogP contribution in [0, 0.1) is 41.5 Å². The molecule has 0 amide bonds. The Morgan fingerprint density at radius 2 is 1.14 bits per heavy atom. The summed E-state index contributed by atoms with van der Waals surface area (Å²) in [7, 11) is 0. The molecule has 0 N–H and O–H groups in total. The minimum atomic E-state index is 0.284. The molecular formula is C37H48. The van der Waals surface area contributed by atoms with Crippen LogP contribution < -0.4 is 0 Å². The van der Waals surface area contributed by atoms with Crippen LogP contribution in [0.25, 0.3) is 0 Å². The molecular weight excluding hydrogens is 444 g/mol. The Hall–Kier alpha value is -2.34. The fraction of sp³-hybridized carbons (Fsp3) is 0.514. The van der Waals surface area contributed by atoms with Crippen LogP contribution in [0.15, 0.2) is 42.5 Å². The van der Waals surface area contributed by atoms with Crippen molar-refractivity contribution in [1.82, 2.24) is 0 Å². The lowest BCUT2D eigenvalue weighted by molar-refractivity contribution is 0.440. The number of aryl methyl sites for hydroxylation is 5. The maximum Gasteiger partial charge on any atom is 0.0350 e. The summed E-state index contributed by atoms with van der Waals surface area (Å²) in [6.07, 6.45) is 13.8. The van der Waals surface area contributed by atoms with Crippen molar-refractivity contribution in [1.29, 1.82) is 0 Å². The molecule has 3 aromatic carbocycles. The lowest BCUT2D eigenvalue weighted by Crippen LogP contribution is -2.16. The summed E-state index contributed by atoms with van der Waals surface area (Å²) in [6, 6.07) is 16.8. The predicted octanol–water partition coefficient (Wildman–Crippen LogP) is 10.8. The molecule has 1 unspecified atom stereocenters. The molecule has 0 nitrogen and oxygen atoms in total. The highest BCUT2D eigenvalue weighted by Crippen LogP contribution is 2.45. The van der Waals surface area contributed by atoms with Gasteiger partial charge in [0.25, 0.3) is 0 Å². The lowest BCUT2D eigenvalue weighted by atomic mass is 9.72. The van der Waals surface area contributed by atoms with Crippen molar-refractivity contribution in [2.24, 2.45) is 0 Å². The standard InChI is InChI=1S/C37H48/c1-24-15-13-14-20-32(24)37(34-23-33(25(2)21-26(34)3)30-16-9-7-10-17-30)36-28(5)22-27(4)35(29(36)6)31-18-11-8-12-19-31/h13-15,20-23,30-31,37H,7-12,16-19H2,1-6H3. The monoisotopic (exact) mass is 492 g/mol. The molecule has 2 aliphatic rings. The molecule has 2 fully saturated rings. The van der Waals surface area contributed by atoms with Crippen LogP contribution in [-0.2, 0) is 0 Å². The first kappa shape index (κ1) is 26.3. The number of hydrogen-bond acceptors (Lipinski definition) is 0. The SMILES string of the molecule is Cc1cc(C)c(C(c2ccccc2C)c2c(C)cc(C)c(C3CCCCC3)c2C)cc1C1CCCCC1. The molecule has 0 aliphatic heterocycles. The summed E-state index contributed by atoms with van der Waals surface area (Å²) in [5, 5.41) is 0. The molecule has 0 spiro atoms. The summed E-state index contributed by atoms with van der Waals surface area (Å²) >= 11 is 0. The van der Waals surface area contributed by atoms with Gasteiger partial charge in [-0.3, -0.25) is 0 Å². The second-order valence-corrected chi connectivity index (χ2v) is 12.5. The van der Waals surface area contributed by atoms with E-state index in [-0.39, 0.29) is 5.92 Å². The lowest BCUT2D eigenvalue weighted by Gasteiger charge is -2.32. The van der Waals surface area contributed by atoms with Gasteiger partial charge in [-0.15, -0.1) is 0 Å². The summed E-state index contributed by atoms with van der Waals surface area (Å²) in [4.78, 5) is 0. The van der Waals surface area contributed by atoms with Crippen molar-refractivity contribution >= 4 is 0 Å². The van der Waals surface area contributed by atoms with Gasteiger partial charge in [0.2, 0.25) is 0 Å². The zero-order chi connectivity index (χ0) is 26.1. The van der Waals surface area contributed by atoms with Crippen LogP contribution in [0.3, 0.4) is 0 Å². The Morgan fingerprint density at radius 3 is 1.78 bits per heavy atom. The topological polar surface area (TPSA) is 0 Å². The van der Waals surface area contributed by atoms with Gasteiger partial charge in [-0.2, -0.15) is 0 Å². The van der Waals surface area contributed by atoms with Gasteiger partial charge < -0.3 is 0 Å². The highest BCUT2D eigenvalue weighted by Gasteiger charge is 2.29. The van der Waals surface area contributed by atoms with Crippen molar-refractivity contribution < 1.29 is 0 Å². The van der Waals surface area contributed by atoms with Gasteiger partial charge >= 0.3 is 0 Å². The smallest absolute Gasteiger partial charge is 0.0350 e. The van der Waals surface area contributed by atoms with E-state index >= 15 is 0 Å². The fourth-order valence-electron chi connectivity index (χ4n) is 8.12. The molecule has 37 heavy (non-hydrogen) atoms. The Labute approximate surface area is 226 Å². The van der Waals surface area contributed by atoms with Gasteiger partial charge in [-0.25, -0.2) is 0 Å². The minimum Gasteiger partial charge on any atom is -0.0620 e. The highest BCUT2D eigenvalue weighted by atomic mass is 14.3. The van der Waals surface area contributed by atoms with Crippen molar-refractivity contribution in [3.05, 3.63) is 104 Å². The van der Waals surface area contributed by atoms with Crippen molar-refractivity contribution in [3.8, 4) is 0 Å². The van der Waals surface area contributed by atoms with Crippen LogP contribution in [0.1, 0.15) is 143 Å². The third-order valence-corrected chi connectivity index (χ3v) is 9.90. The van der Waals surface area contributed by atoms with Gasteiger partial charge in [0.05, 0.1) is 0 Å². The first-order chi connectivity index (χ1) is 17.9. The quantitative estimate of drug-likeness (QED) is 0.311. The van der Waals surface area contributed by atoms with E-state index in [0.717, 1.165) is 11.8 Å². The molecule has 0 bridgehead atoms. The van der Waals surface area contributed by atoms with Gasteiger partial charge in [-0.1, -0.05) is 81.0 Å². The third-order valence-electron chi connectivity index (χ3n) is 9.90. The van der Waals surface area contributed by atoms with E-state index in [1.54, 1.807) is 22.3 Å². The van der Waals surface area contributed by atoms with Crippen molar-refractivity contribution in [2.75, 3.05) is 0 Å². The highest BCUT2D eigenvalue weighted by molar-refractivity contribution is 5.58. The molecule has 5 rings (SSSR count). The second-order valence-electron chi connectivity index (χ2n) is 12.5. The van der Waals surface area contributed by atoms with Crippen molar-refractivity contribution in [3.63, 3.8) is 0 Å². The van der Waals surface area contributed by atoms with E-state index in [0.29, 0.717) is 0 Å². The van der Waals surface area contributed by atoms with E-state index in [4.69, 9.17) is 0 Å². The molecule has 0 saturated heterocycles. The molecule has 2 saturated carbocycles. The Balaban J connectivity index is 1.74. The zero-order valence-electron chi connectivity index (χ0n) is 24.3. The summed E-state index contributed by atoms with van der Waals surface area (Å²) in [5.41, 5.74) is 16.8.